The maximum atomic E-state index is 6.37. The zero-order valence-electron chi connectivity index (χ0n) is 19.8. The number of hydrogen-bond acceptors (Lipinski definition) is 6. The second kappa shape index (κ2) is 9.11. The van der Waals surface area contributed by atoms with Crippen LogP contribution in [0.1, 0.15) is 23.2 Å². The van der Waals surface area contributed by atoms with Gasteiger partial charge in [-0.05, 0) is 54.3 Å². The van der Waals surface area contributed by atoms with Crippen LogP contribution in [0.25, 0.3) is 28.6 Å². The molecule has 0 bridgehead atoms. The normalized spacial score (nSPS) is 14.1. The maximum absolute atomic E-state index is 6.37. The van der Waals surface area contributed by atoms with Crippen LogP contribution in [0.15, 0.2) is 95.2 Å². The number of ether oxygens (including phenoxy) is 1. The average molecular weight is 473 g/mol. The fourth-order valence-electron chi connectivity index (χ4n) is 4.60. The molecule has 176 valence electrons. The summed E-state index contributed by atoms with van der Waals surface area (Å²) in [5.41, 5.74) is 14.6. The number of aromatic nitrogens is 3. The maximum Gasteiger partial charge on any atom is 0.186 e. The second-order valence-electron chi connectivity index (χ2n) is 8.60. The number of hydrogen-bond donors (Lipinski definition) is 1. The molecule has 7 heteroatoms. The summed E-state index contributed by atoms with van der Waals surface area (Å²) in [6.07, 6.45) is 3.99. The van der Waals surface area contributed by atoms with Crippen molar-refractivity contribution >= 4 is 34.5 Å². The van der Waals surface area contributed by atoms with Crippen molar-refractivity contribution < 1.29 is 4.74 Å². The number of nitrogens with zero attached hydrogens (tertiary/aromatic N) is 5. The van der Waals surface area contributed by atoms with Gasteiger partial charge in [0.2, 0.25) is 0 Å². The molecule has 6 rings (SSSR count). The molecule has 2 heterocycles. The van der Waals surface area contributed by atoms with E-state index in [4.69, 9.17) is 15.5 Å². The topological polar surface area (TPSA) is 90.2 Å². The van der Waals surface area contributed by atoms with E-state index in [0.29, 0.717) is 17.0 Å². The van der Waals surface area contributed by atoms with E-state index >= 15 is 0 Å². The highest BCUT2D eigenvalue weighted by Crippen LogP contribution is 2.41. The third-order valence-corrected chi connectivity index (χ3v) is 6.34. The van der Waals surface area contributed by atoms with Gasteiger partial charge >= 0.3 is 0 Å². The van der Waals surface area contributed by atoms with Gasteiger partial charge in [-0.1, -0.05) is 60.7 Å². The van der Waals surface area contributed by atoms with Crippen molar-refractivity contribution in [2.24, 2.45) is 10.2 Å². The quantitative estimate of drug-likeness (QED) is 0.282. The molecule has 0 spiro atoms. The number of azo groups is 1. The molecule has 0 fully saturated rings. The van der Waals surface area contributed by atoms with E-state index < -0.39 is 0 Å². The molecular weight excluding hydrogens is 448 g/mol. The van der Waals surface area contributed by atoms with E-state index in [1.165, 1.54) is 5.57 Å². The highest BCUT2D eigenvalue weighted by atomic mass is 16.5. The zero-order chi connectivity index (χ0) is 24.5. The summed E-state index contributed by atoms with van der Waals surface area (Å²) in [6, 6.07) is 27.9. The number of allylic oxidation sites excluding steroid dienone is 1. The standard InChI is InChI=1S/C29H24N6O/c1-36-23-15-13-22(14-16-23)32-33-26-28(30)34-35-27(20-10-6-3-7-11-20)24-17-12-21(25(24)31-29(26)35)18-19-8-4-2-5-9-19/h2-11,13-16,18H,12,17H2,1H3,(H2,30,34)/b21-18-,33-32?. The Morgan fingerprint density at radius 3 is 2.33 bits per heavy atom. The van der Waals surface area contributed by atoms with Crippen molar-refractivity contribution in [1.82, 2.24) is 14.6 Å². The highest BCUT2D eigenvalue weighted by Gasteiger charge is 2.27. The molecule has 0 amide bonds. The number of nitrogens with two attached hydrogens (primary N) is 1. The lowest BCUT2D eigenvalue weighted by atomic mass is 10.0. The molecule has 1 aliphatic rings. The summed E-state index contributed by atoms with van der Waals surface area (Å²) in [6.45, 7) is 0. The van der Waals surface area contributed by atoms with Gasteiger partial charge in [0.05, 0.1) is 24.2 Å². The molecule has 0 unspecified atom stereocenters. The van der Waals surface area contributed by atoms with E-state index in [-0.39, 0.29) is 5.82 Å². The molecular formula is C29H24N6O. The molecule has 5 aromatic rings. The molecule has 2 N–H and O–H groups in total. The van der Waals surface area contributed by atoms with E-state index in [0.717, 1.165) is 46.7 Å². The highest BCUT2D eigenvalue weighted by molar-refractivity contribution is 5.89. The predicted octanol–water partition coefficient (Wildman–Crippen LogP) is 6.89. The third kappa shape index (κ3) is 3.90. The van der Waals surface area contributed by atoms with E-state index in [2.05, 4.69) is 45.7 Å². The third-order valence-electron chi connectivity index (χ3n) is 6.34. The van der Waals surface area contributed by atoms with Crippen LogP contribution >= 0.6 is 0 Å². The molecule has 3 aromatic carbocycles. The first kappa shape index (κ1) is 21.7. The van der Waals surface area contributed by atoms with Crippen LogP contribution in [-0.4, -0.2) is 21.7 Å². The summed E-state index contributed by atoms with van der Waals surface area (Å²) in [4.78, 5) is 5.06. The van der Waals surface area contributed by atoms with Gasteiger partial charge in [-0.2, -0.15) is 5.11 Å². The Hall–Kier alpha value is -4.78. The van der Waals surface area contributed by atoms with Gasteiger partial charge in [-0.15, -0.1) is 10.2 Å². The molecule has 1 aliphatic carbocycles. The first-order chi connectivity index (χ1) is 17.7. The molecule has 2 aromatic heterocycles. The first-order valence-corrected chi connectivity index (χ1v) is 11.8. The van der Waals surface area contributed by atoms with E-state index in [9.17, 15) is 0 Å². The number of rotatable bonds is 5. The fourth-order valence-corrected chi connectivity index (χ4v) is 4.60. The van der Waals surface area contributed by atoms with Gasteiger partial charge in [0.1, 0.15) is 5.75 Å². The first-order valence-electron chi connectivity index (χ1n) is 11.8. The lowest BCUT2D eigenvalue weighted by Gasteiger charge is -2.11. The van der Waals surface area contributed by atoms with Crippen LogP contribution in [-0.2, 0) is 6.42 Å². The van der Waals surface area contributed by atoms with Gasteiger partial charge < -0.3 is 10.5 Å². The SMILES string of the molecule is COc1ccc(N=Nc2c(N)nn3c(-c4ccccc4)c4c(nc23)/C(=C\c2ccccc2)CC4)cc1. The molecule has 0 aliphatic heterocycles. The summed E-state index contributed by atoms with van der Waals surface area (Å²) in [5.74, 6) is 1.04. The van der Waals surface area contributed by atoms with Gasteiger partial charge in [0.15, 0.2) is 17.2 Å². The number of methoxy groups -OCH3 is 1. The minimum atomic E-state index is 0.286. The summed E-state index contributed by atoms with van der Waals surface area (Å²) < 4.78 is 7.04. The van der Waals surface area contributed by atoms with Crippen molar-refractivity contribution in [3.05, 3.63) is 102 Å². The lowest BCUT2D eigenvalue weighted by Crippen LogP contribution is -2.03. The molecule has 0 radical (unpaired) electrons. The smallest absolute Gasteiger partial charge is 0.186 e. The lowest BCUT2D eigenvalue weighted by molar-refractivity contribution is 0.415. The van der Waals surface area contributed by atoms with E-state index in [1.54, 1.807) is 7.11 Å². The average Bonchev–Trinajstić information content (AvgIpc) is 3.46. The van der Waals surface area contributed by atoms with E-state index in [1.807, 2.05) is 65.2 Å². The van der Waals surface area contributed by atoms with Crippen LogP contribution in [0.5, 0.6) is 5.75 Å². The van der Waals surface area contributed by atoms with Crippen LogP contribution in [0.4, 0.5) is 17.2 Å². The van der Waals surface area contributed by atoms with Gasteiger partial charge in [0, 0.05) is 11.1 Å². The molecule has 36 heavy (non-hydrogen) atoms. The summed E-state index contributed by atoms with van der Waals surface area (Å²) >= 11 is 0. The number of anilines is 1. The Bertz CT molecular complexity index is 1600. The van der Waals surface area contributed by atoms with Gasteiger partial charge in [-0.3, -0.25) is 0 Å². The minimum absolute atomic E-state index is 0.286. The molecule has 0 saturated carbocycles. The van der Waals surface area contributed by atoms with Crippen LogP contribution in [0.3, 0.4) is 0 Å². The second-order valence-corrected chi connectivity index (χ2v) is 8.60. The Morgan fingerprint density at radius 1 is 0.889 bits per heavy atom. The van der Waals surface area contributed by atoms with Crippen LogP contribution < -0.4 is 10.5 Å². The predicted molar refractivity (Wildman–Crippen MR) is 143 cm³/mol. The van der Waals surface area contributed by atoms with Gasteiger partial charge in [0.25, 0.3) is 0 Å². The zero-order valence-corrected chi connectivity index (χ0v) is 19.8. The van der Waals surface area contributed by atoms with Gasteiger partial charge in [-0.25, -0.2) is 9.50 Å². The Labute approximate surface area is 208 Å². The molecule has 0 atom stereocenters. The minimum Gasteiger partial charge on any atom is -0.497 e. The number of fused-ring (bicyclic) bond motifs is 2. The monoisotopic (exact) mass is 472 g/mol. The Balaban J connectivity index is 1.54. The van der Waals surface area contributed by atoms with Crippen molar-refractivity contribution in [1.29, 1.82) is 0 Å². The largest absolute Gasteiger partial charge is 0.497 e. The van der Waals surface area contributed by atoms with Crippen molar-refractivity contribution in [3.63, 3.8) is 0 Å². The van der Waals surface area contributed by atoms with Crippen molar-refractivity contribution in [3.8, 4) is 17.0 Å². The summed E-state index contributed by atoms with van der Waals surface area (Å²) in [7, 11) is 1.63. The fraction of sp³-hybridized carbons (Fsp3) is 0.103. The van der Waals surface area contributed by atoms with Crippen LogP contribution in [0, 0.1) is 0 Å². The van der Waals surface area contributed by atoms with Crippen LogP contribution in [0.2, 0.25) is 0 Å². The summed E-state index contributed by atoms with van der Waals surface area (Å²) in [5, 5.41) is 13.5. The number of nitrogen functional groups attached to an aromatic ring is 1. The Morgan fingerprint density at radius 2 is 1.61 bits per heavy atom. The number of benzene rings is 3. The molecule has 0 saturated heterocycles. The van der Waals surface area contributed by atoms with Crippen molar-refractivity contribution in [2.75, 3.05) is 12.8 Å². The van der Waals surface area contributed by atoms with Crippen molar-refractivity contribution in [2.45, 2.75) is 12.8 Å². The Kier molecular flexibility index (Phi) is 5.50. The molecule has 7 nitrogen and oxygen atoms in total.